The van der Waals surface area contributed by atoms with Crippen molar-refractivity contribution in [1.29, 1.82) is 0 Å². The summed E-state index contributed by atoms with van der Waals surface area (Å²) in [5.41, 5.74) is 27.7. The Bertz CT molecular complexity index is 4220. The van der Waals surface area contributed by atoms with Gasteiger partial charge in [0.2, 0.25) is 22.8 Å². The van der Waals surface area contributed by atoms with Crippen LogP contribution in [0.25, 0.3) is 45.0 Å². The molecule has 4 aromatic carbocycles. The number of hydrogen-bond donors (Lipinski definition) is 0. The molecule has 0 radical (unpaired) electrons. The van der Waals surface area contributed by atoms with Crippen molar-refractivity contribution in [3.8, 4) is 45.0 Å². The summed E-state index contributed by atoms with van der Waals surface area (Å²) >= 11 is 0. The Morgan fingerprint density at radius 1 is 0.333 bits per heavy atom. The third-order valence-corrected chi connectivity index (χ3v) is 21.1. The predicted octanol–water partition coefficient (Wildman–Crippen LogP) is 20.3. The van der Waals surface area contributed by atoms with Gasteiger partial charge in [0, 0.05) is 78.4 Å². The minimum absolute atomic E-state index is 0.153. The number of aromatic nitrogens is 4. The minimum atomic E-state index is -2.09. The minimum Gasteiger partial charge on any atom is -0.201 e. The molecule has 0 N–H and O–H groups in total. The molecule has 0 amide bonds. The van der Waals surface area contributed by atoms with Crippen LogP contribution in [-0.2, 0) is 60.7 Å². The summed E-state index contributed by atoms with van der Waals surface area (Å²) in [6.07, 6.45) is 16.5. The number of aryl methyl sites for hydroxylation is 11. The van der Waals surface area contributed by atoms with Gasteiger partial charge in [-0.15, -0.1) is 0 Å². The van der Waals surface area contributed by atoms with E-state index in [1.54, 1.807) is 24.3 Å². The monoisotopic (exact) mass is 1210 g/mol. The van der Waals surface area contributed by atoms with Crippen LogP contribution in [0.15, 0.2) is 134 Å². The molecule has 0 aliphatic heterocycles. The van der Waals surface area contributed by atoms with E-state index in [1.807, 2.05) is 55.9 Å². The van der Waals surface area contributed by atoms with Crippen molar-refractivity contribution < 1.29 is 27.9 Å². The summed E-state index contributed by atoms with van der Waals surface area (Å²) in [7, 11) is 8.44. The Morgan fingerprint density at radius 3 is 0.956 bits per heavy atom. The van der Waals surface area contributed by atoms with Gasteiger partial charge in [-0.3, -0.25) is 0 Å². The first-order chi connectivity index (χ1) is 44.5. The lowest BCUT2D eigenvalue weighted by Crippen LogP contribution is -2.40. The highest BCUT2D eigenvalue weighted by Crippen LogP contribution is 2.49. The van der Waals surface area contributed by atoms with Gasteiger partial charge in [-0.1, -0.05) is 182 Å². The first-order valence-electron chi connectivity index (χ1n) is 37.1. The Kier molecular flexibility index (Phi) is 17.4. The Morgan fingerprint density at radius 2 is 0.633 bits per heavy atom. The molecule has 4 heterocycles. The highest BCUT2D eigenvalue weighted by Gasteiger charge is 2.43. The molecule has 0 saturated carbocycles. The average Bonchev–Trinajstić information content (AvgIpc) is 0.758. The standard InChI is InChI=1S/2C22H30N.C21H28N.C21H30N/c2*1-15-8-9-17(16(2)12-15)20-13-18-19(14-23(20)7)22(5,6)11-10-21(18,3)4;1-15-9-7-8-10-16(15)19-13-17-18(14-22(19)6)21(4,5)12-11-20(17,2)3;1-14(2)21(15(3)4)18-9-11-20(22(7)13-18)19-10-8-16(5)12-17(19)6/h2*8-9,12-14H,10-11H2,1-7H3;7-10,13-14H,11-12H2,1-6H3;8-15,21H,1-7H3/q4*+1/i1D3;;;5D3,21D. The lowest BCUT2D eigenvalue weighted by molar-refractivity contribution is -0.661. The van der Waals surface area contributed by atoms with E-state index in [0.717, 1.165) is 39.2 Å². The molecule has 0 bridgehead atoms. The first kappa shape index (κ1) is 59.8. The second-order valence-electron chi connectivity index (χ2n) is 32.0. The van der Waals surface area contributed by atoms with E-state index >= 15 is 0 Å². The number of fused-ring (bicyclic) bond motifs is 3. The molecular weight excluding hydrogens is 1090 g/mol. The van der Waals surface area contributed by atoms with Gasteiger partial charge in [0.25, 0.3) is 0 Å². The Hall–Kier alpha value is -6.52. The molecule has 3 aliphatic rings. The van der Waals surface area contributed by atoms with Crippen LogP contribution in [-0.4, -0.2) is 0 Å². The van der Waals surface area contributed by atoms with Crippen LogP contribution >= 0.6 is 0 Å². The zero-order valence-electron chi connectivity index (χ0n) is 67.4. The second kappa shape index (κ2) is 26.2. The summed E-state index contributed by atoms with van der Waals surface area (Å²) in [6.45, 7) is 43.2. The molecule has 4 heteroatoms. The van der Waals surface area contributed by atoms with Gasteiger partial charge < -0.3 is 0 Å². The van der Waals surface area contributed by atoms with Gasteiger partial charge in [-0.05, 0) is 206 Å². The highest BCUT2D eigenvalue weighted by atomic mass is 14.9. The third-order valence-electron chi connectivity index (χ3n) is 21.1. The lowest BCUT2D eigenvalue weighted by atomic mass is 9.63. The van der Waals surface area contributed by atoms with E-state index in [0.29, 0.717) is 11.1 Å². The van der Waals surface area contributed by atoms with Crippen molar-refractivity contribution in [2.24, 2.45) is 40.0 Å². The number of rotatable bonds is 7. The lowest BCUT2D eigenvalue weighted by Gasteiger charge is -2.40. The summed E-state index contributed by atoms with van der Waals surface area (Å²) in [5.74, 6) is -0.237. The number of pyridine rings is 4. The quantitative estimate of drug-likeness (QED) is 0.141. The molecule has 478 valence electrons. The van der Waals surface area contributed by atoms with Gasteiger partial charge in [0.15, 0.2) is 24.8 Å². The fourth-order valence-corrected chi connectivity index (χ4v) is 15.0. The molecule has 0 spiro atoms. The van der Waals surface area contributed by atoms with Crippen LogP contribution in [0.4, 0.5) is 0 Å². The van der Waals surface area contributed by atoms with Crippen molar-refractivity contribution in [3.63, 3.8) is 0 Å². The summed E-state index contributed by atoms with van der Waals surface area (Å²) < 4.78 is 63.5. The number of hydrogen-bond acceptors (Lipinski definition) is 0. The molecule has 3 aliphatic carbocycles. The maximum Gasteiger partial charge on any atom is 0.212 e. The fraction of sp³-hybridized carbons (Fsp3) is 0.488. The molecule has 0 saturated heterocycles. The van der Waals surface area contributed by atoms with Crippen molar-refractivity contribution in [3.05, 3.63) is 212 Å². The normalized spacial score (nSPS) is 18.5. The molecule has 0 fully saturated rings. The van der Waals surface area contributed by atoms with Gasteiger partial charge in [0.05, 0.1) is 0 Å². The largest absolute Gasteiger partial charge is 0.212 e. The number of nitrogens with zero attached hydrogens (tertiary/aromatic N) is 4. The zero-order valence-corrected chi connectivity index (χ0v) is 60.4. The van der Waals surface area contributed by atoms with Crippen molar-refractivity contribution >= 4 is 0 Å². The van der Waals surface area contributed by atoms with Crippen LogP contribution in [0.2, 0.25) is 0 Å². The van der Waals surface area contributed by atoms with Crippen molar-refractivity contribution in [1.82, 2.24) is 0 Å². The average molecular weight is 1210 g/mol. The van der Waals surface area contributed by atoms with Crippen LogP contribution in [0.5, 0.6) is 0 Å². The van der Waals surface area contributed by atoms with Crippen molar-refractivity contribution in [2.45, 2.75) is 236 Å². The smallest absolute Gasteiger partial charge is 0.201 e. The molecule has 11 rings (SSSR count). The molecular formula is C86H118N4+4. The fourth-order valence-electron chi connectivity index (χ4n) is 15.0. The van der Waals surface area contributed by atoms with E-state index in [4.69, 9.17) is 9.60 Å². The number of benzene rings is 4. The Labute approximate surface area is 558 Å². The van der Waals surface area contributed by atoms with Crippen LogP contribution < -0.4 is 18.3 Å². The summed E-state index contributed by atoms with van der Waals surface area (Å²) in [4.78, 5) is 0. The summed E-state index contributed by atoms with van der Waals surface area (Å²) in [5, 5.41) is 0. The molecule has 4 nitrogen and oxygen atoms in total. The maximum absolute atomic E-state index is 9.01. The molecule has 90 heavy (non-hydrogen) atoms. The van der Waals surface area contributed by atoms with Gasteiger partial charge in [0.1, 0.15) is 28.2 Å². The summed E-state index contributed by atoms with van der Waals surface area (Å²) in [6, 6.07) is 37.6. The van der Waals surface area contributed by atoms with Crippen LogP contribution in [0, 0.1) is 60.2 Å². The van der Waals surface area contributed by atoms with Crippen LogP contribution in [0.3, 0.4) is 0 Å². The first-order valence-corrected chi connectivity index (χ1v) is 33.6. The zero-order chi connectivity index (χ0) is 72.5. The van der Waals surface area contributed by atoms with Crippen LogP contribution in [0.1, 0.15) is 243 Å². The van der Waals surface area contributed by atoms with Gasteiger partial charge in [-0.25, -0.2) is 18.3 Å². The second-order valence-corrected chi connectivity index (χ2v) is 32.0. The van der Waals surface area contributed by atoms with E-state index in [-0.39, 0.29) is 44.3 Å². The predicted molar refractivity (Wildman–Crippen MR) is 384 cm³/mol. The highest BCUT2D eigenvalue weighted by molar-refractivity contribution is 5.66. The van der Waals surface area contributed by atoms with Gasteiger partial charge >= 0.3 is 0 Å². The van der Waals surface area contributed by atoms with E-state index in [1.165, 1.54) is 111 Å². The molecule has 4 aromatic heterocycles. The van der Waals surface area contributed by atoms with Gasteiger partial charge in [-0.2, -0.15) is 0 Å². The van der Waals surface area contributed by atoms with E-state index < -0.39 is 19.6 Å². The molecule has 8 aromatic rings. The van der Waals surface area contributed by atoms with E-state index in [2.05, 4.69) is 246 Å². The Balaban J connectivity index is 0.000000166. The maximum atomic E-state index is 9.01. The third kappa shape index (κ3) is 14.7. The molecule has 0 atom stereocenters. The topological polar surface area (TPSA) is 15.5 Å². The molecule has 0 unspecified atom stereocenters. The van der Waals surface area contributed by atoms with E-state index in [9.17, 15) is 0 Å². The van der Waals surface area contributed by atoms with Crippen molar-refractivity contribution in [2.75, 3.05) is 0 Å². The SMILES string of the molecule is Cc1ccc(-c2cc3c(c[n+]2C)C(C)(C)CCC3(C)C)c(C)c1.Cc1ccccc1-c1cc2c(c[n+]1C)C(C)(C)CCC2(C)C.[2H]C([2H])([2H])c1ccc(-c2cc3c(c[n+]2C)C(C)(C)CCC3(C)C)c(C)c1.[2H]C([2H])([2H])c1ccc(-c2ccc(C([2H])(C(C)C)C(C)C)c[n+]2C)c(C)c1.